The summed E-state index contributed by atoms with van der Waals surface area (Å²) in [4.78, 5) is 28.2. The molecule has 0 aromatic heterocycles. The summed E-state index contributed by atoms with van der Waals surface area (Å²) in [5, 5.41) is 3.88. The molecule has 1 N–H and O–H groups in total. The highest BCUT2D eigenvalue weighted by Crippen LogP contribution is 2.25. The van der Waals surface area contributed by atoms with Crippen molar-refractivity contribution in [2.24, 2.45) is 0 Å². The lowest BCUT2D eigenvalue weighted by Gasteiger charge is -2.33. The van der Waals surface area contributed by atoms with Crippen LogP contribution in [0.2, 0.25) is 10.0 Å². The third kappa shape index (κ3) is 8.12. The normalized spacial score (nSPS) is 13.1. The van der Waals surface area contributed by atoms with Gasteiger partial charge in [0.05, 0.1) is 11.9 Å². The van der Waals surface area contributed by atoms with Gasteiger partial charge in [0, 0.05) is 22.6 Å². The molecule has 0 heterocycles. The van der Waals surface area contributed by atoms with Gasteiger partial charge >= 0.3 is 0 Å². The standard InChI is InChI=1S/C25H33Cl2N3O4S/c1-6-18(4)28-25(32)23(7-2)29(15-19-9-11-20(26)12-10-19)24(31)16-30(35(5,33)34)21-13-8-17(3)22(27)14-21/h8-14,18,23H,6-7,15-16H2,1-5H3,(H,28,32). The molecule has 0 aliphatic heterocycles. The minimum absolute atomic E-state index is 0.0637. The molecule has 7 nitrogen and oxygen atoms in total. The van der Waals surface area contributed by atoms with Gasteiger partial charge in [0.2, 0.25) is 21.8 Å². The number of nitrogens with zero attached hydrogens (tertiary/aromatic N) is 2. The van der Waals surface area contributed by atoms with Gasteiger partial charge < -0.3 is 10.2 Å². The Bertz CT molecular complexity index is 1140. The molecule has 2 rings (SSSR count). The summed E-state index contributed by atoms with van der Waals surface area (Å²) in [6.07, 6.45) is 2.13. The highest BCUT2D eigenvalue weighted by molar-refractivity contribution is 7.92. The van der Waals surface area contributed by atoms with E-state index in [1.165, 1.54) is 11.0 Å². The minimum Gasteiger partial charge on any atom is -0.352 e. The fourth-order valence-corrected chi connectivity index (χ4v) is 4.64. The minimum atomic E-state index is -3.82. The number of anilines is 1. The van der Waals surface area contributed by atoms with Crippen molar-refractivity contribution in [3.63, 3.8) is 0 Å². The van der Waals surface area contributed by atoms with E-state index in [1.54, 1.807) is 43.3 Å². The highest BCUT2D eigenvalue weighted by atomic mass is 35.5. The molecule has 0 aliphatic rings. The van der Waals surface area contributed by atoms with Crippen molar-refractivity contribution >= 4 is 50.7 Å². The SMILES string of the molecule is CCC(C)NC(=O)C(CC)N(Cc1ccc(Cl)cc1)C(=O)CN(c1ccc(C)c(Cl)c1)S(C)(=O)=O. The Labute approximate surface area is 218 Å². The first kappa shape index (κ1) is 28.9. The molecule has 0 bridgehead atoms. The van der Waals surface area contributed by atoms with E-state index in [0.29, 0.717) is 16.5 Å². The zero-order chi connectivity index (χ0) is 26.3. The van der Waals surface area contributed by atoms with Crippen molar-refractivity contribution in [2.75, 3.05) is 17.1 Å². The van der Waals surface area contributed by atoms with E-state index in [1.807, 2.05) is 20.8 Å². The molecular formula is C25H33Cl2N3O4S. The van der Waals surface area contributed by atoms with Crippen molar-refractivity contribution in [1.29, 1.82) is 0 Å². The molecule has 2 amide bonds. The maximum Gasteiger partial charge on any atom is 0.244 e. The first-order valence-corrected chi connectivity index (χ1v) is 14.1. The largest absolute Gasteiger partial charge is 0.352 e. The molecule has 35 heavy (non-hydrogen) atoms. The molecule has 2 aromatic carbocycles. The number of aryl methyl sites for hydroxylation is 1. The molecule has 0 saturated carbocycles. The van der Waals surface area contributed by atoms with Crippen LogP contribution in [0.1, 0.15) is 44.7 Å². The van der Waals surface area contributed by atoms with Crippen LogP contribution in [0.5, 0.6) is 0 Å². The van der Waals surface area contributed by atoms with Crippen LogP contribution in [0.15, 0.2) is 42.5 Å². The van der Waals surface area contributed by atoms with Gasteiger partial charge in [0.1, 0.15) is 12.6 Å². The maximum atomic E-state index is 13.6. The third-order valence-electron chi connectivity index (χ3n) is 5.78. The number of nitrogens with one attached hydrogen (secondary N) is 1. The van der Waals surface area contributed by atoms with Gasteiger partial charge in [0.15, 0.2) is 0 Å². The lowest BCUT2D eigenvalue weighted by atomic mass is 10.1. The molecule has 0 spiro atoms. The quantitative estimate of drug-likeness (QED) is 0.443. The second-order valence-corrected chi connectivity index (χ2v) is 11.3. The molecule has 0 aliphatic carbocycles. The number of benzene rings is 2. The van der Waals surface area contributed by atoms with Crippen LogP contribution in [-0.2, 0) is 26.2 Å². The highest BCUT2D eigenvalue weighted by Gasteiger charge is 2.32. The molecule has 2 atom stereocenters. The van der Waals surface area contributed by atoms with Crippen LogP contribution in [-0.4, -0.2) is 50.0 Å². The molecule has 192 valence electrons. The zero-order valence-electron chi connectivity index (χ0n) is 20.7. The van der Waals surface area contributed by atoms with Gasteiger partial charge in [-0.3, -0.25) is 13.9 Å². The molecule has 2 unspecified atom stereocenters. The van der Waals surface area contributed by atoms with Crippen LogP contribution in [0.25, 0.3) is 0 Å². The predicted molar refractivity (Wildman–Crippen MR) is 142 cm³/mol. The third-order valence-corrected chi connectivity index (χ3v) is 7.58. The maximum absolute atomic E-state index is 13.6. The Morgan fingerprint density at radius 1 is 1.03 bits per heavy atom. The summed E-state index contributed by atoms with van der Waals surface area (Å²) >= 11 is 12.2. The number of hydrogen-bond acceptors (Lipinski definition) is 4. The van der Waals surface area contributed by atoms with Crippen molar-refractivity contribution < 1.29 is 18.0 Å². The summed E-state index contributed by atoms with van der Waals surface area (Å²) in [5.74, 6) is -0.790. The Morgan fingerprint density at radius 2 is 1.66 bits per heavy atom. The molecule has 2 aromatic rings. The van der Waals surface area contributed by atoms with Gasteiger partial charge in [-0.15, -0.1) is 0 Å². The van der Waals surface area contributed by atoms with E-state index in [4.69, 9.17) is 23.2 Å². The summed E-state index contributed by atoms with van der Waals surface area (Å²) in [7, 11) is -3.82. The van der Waals surface area contributed by atoms with Crippen LogP contribution in [0.4, 0.5) is 5.69 Å². The van der Waals surface area contributed by atoms with E-state index in [9.17, 15) is 18.0 Å². The summed E-state index contributed by atoms with van der Waals surface area (Å²) in [5.41, 5.74) is 1.83. The number of halogens is 2. The van der Waals surface area contributed by atoms with Gasteiger partial charge in [-0.2, -0.15) is 0 Å². The lowest BCUT2D eigenvalue weighted by molar-refractivity contribution is -0.140. The molecule has 0 fully saturated rings. The average molecular weight is 543 g/mol. The van der Waals surface area contributed by atoms with Crippen LogP contribution in [0.3, 0.4) is 0 Å². The number of rotatable bonds is 11. The van der Waals surface area contributed by atoms with Crippen molar-refractivity contribution in [2.45, 2.75) is 59.2 Å². The Hall–Kier alpha value is -2.29. The van der Waals surface area contributed by atoms with Crippen molar-refractivity contribution in [3.8, 4) is 0 Å². The number of sulfonamides is 1. The fraction of sp³-hybridized carbons (Fsp3) is 0.440. The second kappa shape index (κ2) is 12.6. The van der Waals surface area contributed by atoms with Crippen molar-refractivity contribution in [1.82, 2.24) is 10.2 Å². The summed E-state index contributed by atoms with van der Waals surface area (Å²) in [6, 6.07) is 10.9. The summed E-state index contributed by atoms with van der Waals surface area (Å²) < 4.78 is 26.3. The van der Waals surface area contributed by atoms with Crippen LogP contribution < -0.4 is 9.62 Å². The Balaban J connectivity index is 2.45. The van der Waals surface area contributed by atoms with Crippen LogP contribution >= 0.6 is 23.2 Å². The molecule has 0 saturated heterocycles. The summed E-state index contributed by atoms with van der Waals surface area (Å²) in [6.45, 7) is 7.12. The predicted octanol–water partition coefficient (Wildman–Crippen LogP) is 4.79. The monoisotopic (exact) mass is 541 g/mol. The van der Waals surface area contributed by atoms with E-state index in [0.717, 1.165) is 28.1 Å². The Morgan fingerprint density at radius 3 is 2.17 bits per heavy atom. The Kier molecular flexibility index (Phi) is 10.4. The number of carbonyl (C=O) groups is 2. The van der Waals surface area contributed by atoms with Crippen molar-refractivity contribution in [3.05, 3.63) is 63.6 Å². The van der Waals surface area contributed by atoms with Gasteiger partial charge in [0.25, 0.3) is 0 Å². The fourth-order valence-electron chi connectivity index (χ4n) is 3.50. The second-order valence-electron chi connectivity index (χ2n) is 8.59. The molecule has 10 heteroatoms. The average Bonchev–Trinajstić information content (AvgIpc) is 2.79. The molecular weight excluding hydrogens is 509 g/mol. The van der Waals surface area contributed by atoms with E-state index in [-0.39, 0.29) is 24.2 Å². The van der Waals surface area contributed by atoms with E-state index < -0.39 is 28.5 Å². The number of amides is 2. The number of carbonyl (C=O) groups excluding carboxylic acids is 2. The zero-order valence-corrected chi connectivity index (χ0v) is 23.0. The lowest BCUT2D eigenvalue weighted by Crippen LogP contribution is -2.53. The topological polar surface area (TPSA) is 86.8 Å². The van der Waals surface area contributed by atoms with E-state index >= 15 is 0 Å². The van der Waals surface area contributed by atoms with E-state index in [2.05, 4.69) is 5.32 Å². The number of hydrogen-bond donors (Lipinski definition) is 1. The smallest absolute Gasteiger partial charge is 0.244 e. The van der Waals surface area contributed by atoms with Crippen LogP contribution in [0, 0.1) is 6.92 Å². The van der Waals surface area contributed by atoms with Gasteiger partial charge in [-0.1, -0.05) is 55.2 Å². The van der Waals surface area contributed by atoms with Gasteiger partial charge in [-0.25, -0.2) is 8.42 Å². The first-order valence-electron chi connectivity index (χ1n) is 11.5. The van der Waals surface area contributed by atoms with Gasteiger partial charge in [-0.05, 0) is 62.1 Å². The molecule has 0 radical (unpaired) electrons. The first-order chi connectivity index (χ1) is 16.4.